The van der Waals surface area contributed by atoms with Gasteiger partial charge in [-0.05, 0) is 40.8 Å². The number of para-hydroxylation sites is 2. The molecule has 4 heterocycles. The van der Waals surface area contributed by atoms with Crippen LogP contribution in [0.1, 0.15) is 0 Å². The SMILES string of the molecule is c1ccc(-c2nc(-c3cccc(-c4c(-c5ccccc5)n5nc(-c6ccccc6)c(-c6ccccc6)c5c5ccccc45)c3)cc(-c3cccc4c3oc3ccccc34)n2)cc1. The van der Waals surface area contributed by atoms with Crippen molar-refractivity contribution in [1.29, 1.82) is 0 Å². The molecule has 62 heavy (non-hydrogen) atoms. The number of fused-ring (bicyclic) bond motifs is 6. The summed E-state index contributed by atoms with van der Waals surface area (Å²) in [6, 6.07) is 76.1. The van der Waals surface area contributed by atoms with Gasteiger partial charge in [-0.15, -0.1) is 0 Å². The number of rotatable bonds is 7. The molecule has 0 saturated carbocycles. The Balaban J connectivity index is 1.13. The highest BCUT2D eigenvalue weighted by Crippen LogP contribution is 2.46. The lowest BCUT2D eigenvalue weighted by molar-refractivity contribution is 0.670. The van der Waals surface area contributed by atoms with Crippen LogP contribution in [0.3, 0.4) is 0 Å². The van der Waals surface area contributed by atoms with Crippen LogP contribution in [-0.4, -0.2) is 19.6 Å². The van der Waals surface area contributed by atoms with Gasteiger partial charge in [0.15, 0.2) is 5.82 Å². The monoisotopic (exact) mass is 792 g/mol. The van der Waals surface area contributed by atoms with Crippen LogP contribution in [0.25, 0.3) is 117 Å². The van der Waals surface area contributed by atoms with Gasteiger partial charge in [-0.25, -0.2) is 14.5 Å². The van der Waals surface area contributed by atoms with Crippen LogP contribution in [0.5, 0.6) is 0 Å². The molecule has 8 aromatic carbocycles. The summed E-state index contributed by atoms with van der Waals surface area (Å²) in [5.74, 6) is 0.645. The first-order valence-electron chi connectivity index (χ1n) is 20.9. The van der Waals surface area contributed by atoms with E-state index in [4.69, 9.17) is 19.5 Å². The molecule has 290 valence electrons. The van der Waals surface area contributed by atoms with E-state index >= 15 is 0 Å². The molecule has 0 aliphatic carbocycles. The predicted octanol–water partition coefficient (Wildman–Crippen LogP) is 14.8. The van der Waals surface area contributed by atoms with Crippen molar-refractivity contribution in [3.63, 3.8) is 0 Å². The molecule has 0 spiro atoms. The third kappa shape index (κ3) is 5.90. The van der Waals surface area contributed by atoms with Crippen molar-refractivity contribution < 1.29 is 4.42 Å². The molecule has 4 aromatic heterocycles. The van der Waals surface area contributed by atoms with Gasteiger partial charge in [0.1, 0.15) is 16.9 Å². The molecule has 0 aliphatic heterocycles. The fourth-order valence-electron chi connectivity index (χ4n) is 9.03. The fraction of sp³-hybridized carbons (Fsp3) is 0. The number of pyridine rings is 1. The second-order valence-electron chi connectivity index (χ2n) is 15.5. The molecule has 0 amide bonds. The van der Waals surface area contributed by atoms with Gasteiger partial charge in [0.2, 0.25) is 0 Å². The average molecular weight is 793 g/mol. The van der Waals surface area contributed by atoms with E-state index in [1.807, 2.05) is 36.4 Å². The smallest absolute Gasteiger partial charge is 0.160 e. The van der Waals surface area contributed by atoms with E-state index in [0.717, 1.165) is 111 Å². The average Bonchev–Trinajstić information content (AvgIpc) is 3.94. The molecule has 0 N–H and O–H groups in total. The molecule has 0 bridgehead atoms. The quantitative estimate of drug-likeness (QED) is 0.161. The first kappa shape index (κ1) is 35.5. The summed E-state index contributed by atoms with van der Waals surface area (Å²) < 4.78 is 8.72. The Bertz CT molecular complexity index is 3610. The van der Waals surface area contributed by atoms with Crippen LogP contribution in [0.15, 0.2) is 223 Å². The Labute approximate surface area is 357 Å². The number of benzene rings is 8. The lowest BCUT2D eigenvalue weighted by Gasteiger charge is -2.18. The topological polar surface area (TPSA) is 56.2 Å². The van der Waals surface area contributed by atoms with E-state index < -0.39 is 0 Å². The van der Waals surface area contributed by atoms with E-state index in [1.54, 1.807) is 0 Å². The summed E-state index contributed by atoms with van der Waals surface area (Å²) >= 11 is 0. The van der Waals surface area contributed by atoms with Gasteiger partial charge in [-0.3, -0.25) is 0 Å². The molecule has 5 heteroatoms. The molecule has 0 fully saturated rings. The zero-order valence-corrected chi connectivity index (χ0v) is 33.5. The summed E-state index contributed by atoms with van der Waals surface area (Å²) in [7, 11) is 0. The van der Waals surface area contributed by atoms with Crippen LogP contribution in [0.2, 0.25) is 0 Å². The van der Waals surface area contributed by atoms with Gasteiger partial charge in [-0.2, -0.15) is 5.10 Å². The molecule has 0 radical (unpaired) electrons. The maximum atomic E-state index is 6.54. The normalized spacial score (nSPS) is 11.5. The van der Waals surface area contributed by atoms with Crippen molar-refractivity contribution in [1.82, 2.24) is 19.6 Å². The second kappa shape index (κ2) is 14.7. The highest BCUT2D eigenvalue weighted by Gasteiger charge is 2.26. The van der Waals surface area contributed by atoms with Gasteiger partial charge in [0.05, 0.1) is 22.6 Å². The van der Waals surface area contributed by atoms with E-state index in [-0.39, 0.29) is 0 Å². The molecule has 0 unspecified atom stereocenters. The van der Waals surface area contributed by atoms with Gasteiger partial charge in [0.25, 0.3) is 0 Å². The molecule has 12 aromatic rings. The van der Waals surface area contributed by atoms with Gasteiger partial charge in [0, 0.05) is 55.1 Å². The lowest BCUT2D eigenvalue weighted by atomic mass is 9.90. The second-order valence-corrected chi connectivity index (χ2v) is 15.5. The van der Waals surface area contributed by atoms with E-state index in [2.05, 4.69) is 187 Å². The fourth-order valence-corrected chi connectivity index (χ4v) is 9.03. The summed E-state index contributed by atoms with van der Waals surface area (Å²) in [6.45, 7) is 0. The highest BCUT2D eigenvalue weighted by molar-refractivity contribution is 6.15. The van der Waals surface area contributed by atoms with Crippen molar-refractivity contribution in [3.8, 4) is 78.7 Å². The zero-order chi connectivity index (χ0) is 41.0. The largest absolute Gasteiger partial charge is 0.455 e. The highest BCUT2D eigenvalue weighted by atomic mass is 16.3. The van der Waals surface area contributed by atoms with E-state index in [9.17, 15) is 0 Å². The van der Waals surface area contributed by atoms with E-state index in [1.165, 1.54) is 0 Å². The maximum absolute atomic E-state index is 6.54. The molecule has 0 atom stereocenters. The van der Waals surface area contributed by atoms with Crippen molar-refractivity contribution in [2.45, 2.75) is 0 Å². The third-order valence-corrected chi connectivity index (χ3v) is 11.8. The Kier molecular flexibility index (Phi) is 8.42. The van der Waals surface area contributed by atoms with Crippen LogP contribution in [0, 0.1) is 0 Å². The Morgan fingerprint density at radius 2 is 0.919 bits per heavy atom. The van der Waals surface area contributed by atoms with E-state index in [0.29, 0.717) is 5.82 Å². The van der Waals surface area contributed by atoms with Gasteiger partial charge in [-0.1, -0.05) is 194 Å². The minimum Gasteiger partial charge on any atom is -0.455 e. The minimum absolute atomic E-state index is 0.645. The van der Waals surface area contributed by atoms with Crippen molar-refractivity contribution in [2.24, 2.45) is 0 Å². The zero-order valence-electron chi connectivity index (χ0n) is 33.5. The maximum Gasteiger partial charge on any atom is 0.160 e. The first-order valence-corrected chi connectivity index (χ1v) is 20.9. The molecule has 12 rings (SSSR count). The molecule has 0 saturated heterocycles. The number of hydrogen-bond acceptors (Lipinski definition) is 4. The number of nitrogens with zero attached hydrogens (tertiary/aromatic N) is 4. The van der Waals surface area contributed by atoms with Crippen LogP contribution in [-0.2, 0) is 0 Å². The van der Waals surface area contributed by atoms with Crippen LogP contribution >= 0.6 is 0 Å². The van der Waals surface area contributed by atoms with Gasteiger partial charge < -0.3 is 4.42 Å². The van der Waals surface area contributed by atoms with Crippen molar-refractivity contribution >= 4 is 38.2 Å². The number of furan rings is 1. The van der Waals surface area contributed by atoms with Crippen molar-refractivity contribution in [2.75, 3.05) is 0 Å². The standard InChI is InChI=1S/C57H36N4O/c1-5-19-37(20-6-1)52-53(38-21-7-2-8-22-38)60-61-54(39-23-9-3-10-24-39)51(44-30-13-14-31-45(44)55(52)61)42-28-17-27-41(35-42)48-36-49(59-57(58-48)40-25-11-4-12-26-40)47-33-18-32-46-43-29-15-16-34-50(43)62-56(46)47/h1-36H. The first-order chi connectivity index (χ1) is 30.8. The van der Waals surface area contributed by atoms with Crippen LogP contribution in [0.4, 0.5) is 0 Å². The Morgan fingerprint density at radius 3 is 1.66 bits per heavy atom. The number of aromatic nitrogens is 4. The minimum atomic E-state index is 0.645. The Morgan fingerprint density at radius 1 is 0.371 bits per heavy atom. The summed E-state index contributed by atoms with van der Waals surface area (Å²) in [5.41, 5.74) is 15.6. The summed E-state index contributed by atoms with van der Waals surface area (Å²) in [4.78, 5) is 10.5. The molecular formula is C57H36N4O. The van der Waals surface area contributed by atoms with Crippen LogP contribution < -0.4 is 0 Å². The molecule has 0 aliphatic rings. The summed E-state index contributed by atoms with van der Waals surface area (Å²) in [5, 5.41) is 9.97. The molecular weight excluding hydrogens is 757 g/mol. The Hall–Kier alpha value is -8.41. The lowest BCUT2D eigenvalue weighted by Crippen LogP contribution is -2.00. The van der Waals surface area contributed by atoms with Crippen molar-refractivity contribution in [3.05, 3.63) is 218 Å². The summed E-state index contributed by atoms with van der Waals surface area (Å²) in [6.07, 6.45) is 0. The molecule has 5 nitrogen and oxygen atoms in total. The number of hydrogen-bond donors (Lipinski definition) is 0. The third-order valence-electron chi connectivity index (χ3n) is 11.8. The predicted molar refractivity (Wildman–Crippen MR) is 254 cm³/mol. The van der Waals surface area contributed by atoms with Gasteiger partial charge >= 0.3 is 0 Å².